The monoisotopic (exact) mass is 378 g/mol. The fourth-order valence-electron chi connectivity index (χ4n) is 3.31. The molecular weight excluding hydrogens is 356 g/mol. The number of benzene rings is 1. The van der Waals surface area contributed by atoms with Crippen molar-refractivity contribution in [2.24, 2.45) is 5.92 Å². The van der Waals surface area contributed by atoms with Crippen LogP contribution in [0.4, 0.5) is 5.69 Å². The summed E-state index contributed by atoms with van der Waals surface area (Å²) in [7, 11) is -3.32. The van der Waals surface area contributed by atoms with Crippen LogP contribution < -0.4 is 10.0 Å². The fourth-order valence-corrected chi connectivity index (χ4v) is 4.74. The van der Waals surface area contributed by atoms with Gasteiger partial charge >= 0.3 is 0 Å². The number of hydrogen-bond donors (Lipinski definition) is 2. The SMILES string of the molecule is CS(=O)(=O)Nc1ccc(C(=O)N[C@@H](c2cccs2)C2CCCC2)cc1. The molecule has 0 saturated heterocycles. The van der Waals surface area contributed by atoms with E-state index in [0.717, 1.165) is 19.1 Å². The number of carbonyl (C=O) groups excluding carboxylic acids is 1. The zero-order chi connectivity index (χ0) is 17.9. The van der Waals surface area contributed by atoms with Gasteiger partial charge in [-0.25, -0.2) is 8.42 Å². The number of nitrogens with one attached hydrogen (secondary N) is 2. The van der Waals surface area contributed by atoms with Crippen LogP contribution in [-0.4, -0.2) is 20.6 Å². The summed E-state index contributed by atoms with van der Waals surface area (Å²) in [4.78, 5) is 13.8. The number of amides is 1. The molecule has 1 fully saturated rings. The molecule has 1 aliphatic carbocycles. The van der Waals surface area contributed by atoms with Gasteiger partial charge in [0, 0.05) is 16.1 Å². The average molecular weight is 379 g/mol. The third-order valence-electron chi connectivity index (χ3n) is 4.46. The van der Waals surface area contributed by atoms with Crippen LogP contribution in [-0.2, 0) is 10.0 Å². The Labute approximate surface area is 152 Å². The molecule has 1 aromatic carbocycles. The molecule has 1 aromatic heterocycles. The molecule has 3 rings (SSSR count). The molecule has 1 aliphatic rings. The van der Waals surface area contributed by atoms with Crippen molar-refractivity contribution in [3.8, 4) is 0 Å². The first-order chi connectivity index (χ1) is 11.9. The Morgan fingerprint density at radius 1 is 1.16 bits per heavy atom. The van der Waals surface area contributed by atoms with Gasteiger partial charge in [0.25, 0.3) is 5.91 Å². The van der Waals surface area contributed by atoms with Gasteiger partial charge in [0.1, 0.15) is 0 Å². The second-order valence-electron chi connectivity index (χ2n) is 6.46. The number of thiophene rings is 1. The lowest BCUT2D eigenvalue weighted by molar-refractivity contribution is 0.0923. The first kappa shape index (κ1) is 17.9. The standard InChI is InChI=1S/C18H22N2O3S2/c1-25(22,23)20-15-10-8-14(9-11-15)18(21)19-17(13-5-2-3-6-13)16-7-4-12-24-16/h4,7-13,17,20H,2-3,5-6H2,1H3,(H,19,21)/t17-/m1/s1. The van der Waals surface area contributed by atoms with Gasteiger partial charge in [-0.3, -0.25) is 9.52 Å². The summed E-state index contributed by atoms with van der Waals surface area (Å²) in [5, 5.41) is 5.21. The summed E-state index contributed by atoms with van der Waals surface area (Å²) in [6.45, 7) is 0. The van der Waals surface area contributed by atoms with E-state index in [2.05, 4.69) is 16.1 Å². The summed E-state index contributed by atoms with van der Waals surface area (Å²) in [5.41, 5.74) is 0.975. The van der Waals surface area contributed by atoms with Crippen molar-refractivity contribution >= 4 is 33.0 Å². The minimum Gasteiger partial charge on any atom is -0.344 e. The normalized spacial score (nSPS) is 16.5. The van der Waals surface area contributed by atoms with Crippen LogP contribution in [0.2, 0.25) is 0 Å². The number of rotatable bonds is 6. The van der Waals surface area contributed by atoms with E-state index in [1.54, 1.807) is 35.6 Å². The molecule has 134 valence electrons. The van der Waals surface area contributed by atoms with Crippen molar-refractivity contribution in [1.82, 2.24) is 5.32 Å². The van der Waals surface area contributed by atoms with Crippen LogP contribution >= 0.6 is 11.3 Å². The highest BCUT2D eigenvalue weighted by Gasteiger charge is 2.28. The molecule has 2 aromatic rings. The minimum absolute atomic E-state index is 0.0452. The first-order valence-corrected chi connectivity index (χ1v) is 11.1. The van der Waals surface area contributed by atoms with Crippen LogP contribution in [0.1, 0.15) is 47.0 Å². The van der Waals surface area contributed by atoms with Crippen LogP contribution in [0.3, 0.4) is 0 Å². The van der Waals surface area contributed by atoms with Gasteiger partial charge in [-0.05, 0) is 54.5 Å². The number of sulfonamides is 1. The third kappa shape index (κ3) is 4.83. The van der Waals surface area contributed by atoms with Crippen molar-refractivity contribution in [3.63, 3.8) is 0 Å². The molecule has 0 aliphatic heterocycles. The van der Waals surface area contributed by atoms with E-state index in [-0.39, 0.29) is 11.9 Å². The van der Waals surface area contributed by atoms with Gasteiger partial charge in [0.05, 0.1) is 12.3 Å². The van der Waals surface area contributed by atoms with E-state index in [1.807, 2.05) is 11.4 Å². The lowest BCUT2D eigenvalue weighted by atomic mass is 9.96. The summed E-state index contributed by atoms with van der Waals surface area (Å²) in [6.07, 6.45) is 5.81. The molecule has 1 saturated carbocycles. The Balaban J connectivity index is 1.73. The molecule has 7 heteroatoms. The Kier molecular flexibility index (Phi) is 5.44. The zero-order valence-electron chi connectivity index (χ0n) is 14.1. The quantitative estimate of drug-likeness (QED) is 0.803. The van der Waals surface area contributed by atoms with Crippen LogP contribution in [0.5, 0.6) is 0 Å². The van der Waals surface area contributed by atoms with Gasteiger partial charge in [-0.15, -0.1) is 11.3 Å². The van der Waals surface area contributed by atoms with Gasteiger partial charge in [-0.2, -0.15) is 0 Å². The van der Waals surface area contributed by atoms with Gasteiger partial charge < -0.3 is 5.32 Å². The average Bonchev–Trinajstić information content (AvgIpc) is 3.25. The van der Waals surface area contributed by atoms with Crippen molar-refractivity contribution in [2.45, 2.75) is 31.7 Å². The maximum atomic E-state index is 12.7. The van der Waals surface area contributed by atoms with E-state index < -0.39 is 10.0 Å². The number of carbonyl (C=O) groups is 1. The minimum atomic E-state index is -3.32. The molecular formula is C18H22N2O3S2. The van der Waals surface area contributed by atoms with E-state index in [9.17, 15) is 13.2 Å². The molecule has 0 bridgehead atoms. The molecule has 1 heterocycles. The van der Waals surface area contributed by atoms with Crippen molar-refractivity contribution in [1.29, 1.82) is 0 Å². The maximum Gasteiger partial charge on any atom is 0.251 e. The predicted octanol–water partition coefficient (Wildman–Crippen LogP) is 3.78. The highest BCUT2D eigenvalue weighted by atomic mass is 32.2. The molecule has 0 unspecified atom stereocenters. The van der Waals surface area contributed by atoms with Crippen molar-refractivity contribution in [3.05, 3.63) is 52.2 Å². The maximum absolute atomic E-state index is 12.7. The van der Waals surface area contributed by atoms with Crippen LogP contribution in [0.15, 0.2) is 41.8 Å². The molecule has 0 radical (unpaired) electrons. The summed E-state index contributed by atoms with van der Waals surface area (Å²) >= 11 is 1.67. The highest BCUT2D eigenvalue weighted by molar-refractivity contribution is 7.92. The van der Waals surface area contributed by atoms with E-state index in [0.29, 0.717) is 17.2 Å². The Morgan fingerprint density at radius 2 is 1.84 bits per heavy atom. The van der Waals surface area contributed by atoms with Gasteiger partial charge in [-0.1, -0.05) is 18.9 Å². The first-order valence-electron chi connectivity index (χ1n) is 8.34. The predicted molar refractivity (Wildman–Crippen MR) is 101 cm³/mol. The molecule has 25 heavy (non-hydrogen) atoms. The lowest BCUT2D eigenvalue weighted by Crippen LogP contribution is -2.32. The molecule has 2 N–H and O–H groups in total. The Morgan fingerprint density at radius 3 is 2.40 bits per heavy atom. The van der Waals surface area contributed by atoms with Gasteiger partial charge in [0.15, 0.2) is 0 Å². The second-order valence-corrected chi connectivity index (χ2v) is 9.19. The van der Waals surface area contributed by atoms with Crippen molar-refractivity contribution < 1.29 is 13.2 Å². The zero-order valence-corrected chi connectivity index (χ0v) is 15.7. The lowest BCUT2D eigenvalue weighted by Gasteiger charge is -2.24. The van der Waals surface area contributed by atoms with Crippen LogP contribution in [0.25, 0.3) is 0 Å². The molecule has 0 spiro atoms. The fraction of sp³-hybridized carbons (Fsp3) is 0.389. The smallest absolute Gasteiger partial charge is 0.251 e. The van der Waals surface area contributed by atoms with E-state index in [1.165, 1.54) is 17.7 Å². The largest absolute Gasteiger partial charge is 0.344 e. The summed E-state index contributed by atoms with van der Waals surface area (Å²) in [5.74, 6) is 0.352. The van der Waals surface area contributed by atoms with Crippen molar-refractivity contribution in [2.75, 3.05) is 11.0 Å². The number of anilines is 1. The van der Waals surface area contributed by atoms with Gasteiger partial charge in [0.2, 0.25) is 10.0 Å². The topological polar surface area (TPSA) is 75.3 Å². The van der Waals surface area contributed by atoms with E-state index >= 15 is 0 Å². The summed E-state index contributed by atoms with van der Waals surface area (Å²) in [6, 6.07) is 10.6. The molecule has 5 nitrogen and oxygen atoms in total. The Hall–Kier alpha value is -1.86. The van der Waals surface area contributed by atoms with Crippen LogP contribution in [0, 0.1) is 5.92 Å². The van der Waals surface area contributed by atoms with E-state index in [4.69, 9.17) is 0 Å². The second kappa shape index (κ2) is 7.58. The Bertz CT molecular complexity index is 809. The number of hydrogen-bond acceptors (Lipinski definition) is 4. The summed E-state index contributed by atoms with van der Waals surface area (Å²) < 4.78 is 24.9. The molecule has 1 atom stereocenters. The molecule has 1 amide bonds. The third-order valence-corrected chi connectivity index (χ3v) is 6.02. The highest BCUT2D eigenvalue weighted by Crippen LogP contribution is 2.37.